The minimum Gasteiger partial charge on any atom is -0.212 e. The first-order chi connectivity index (χ1) is 7.80. The van der Waals surface area contributed by atoms with E-state index in [0.29, 0.717) is 11.3 Å². The highest BCUT2D eigenvalue weighted by atomic mass is 32.2. The maximum Gasteiger partial charge on any atom is 0.213 e. The molecule has 0 aromatic rings. The number of piperidine rings is 1. The predicted molar refractivity (Wildman–Crippen MR) is 72.4 cm³/mol. The van der Waals surface area contributed by atoms with E-state index in [2.05, 4.69) is 20.8 Å². The Morgan fingerprint density at radius 1 is 1.29 bits per heavy atom. The van der Waals surface area contributed by atoms with Gasteiger partial charge in [-0.25, -0.2) is 12.7 Å². The Balaban J connectivity index is 2.62. The quantitative estimate of drug-likeness (QED) is 0.763. The molecular weight excluding hydrogens is 234 g/mol. The number of sulfonamides is 1. The fourth-order valence-electron chi connectivity index (χ4n) is 2.55. The van der Waals surface area contributed by atoms with Gasteiger partial charge in [0.05, 0.1) is 5.75 Å². The summed E-state index contributed by atoms with van der Waals surface area (Å²) in [6.45, 7) is 9.96. The van der Waals surface area contributed by atoms with Crippen molar-refractivity contribution in [1.82, 2.24) is 4.31 Å². The molecule has 1 heterocycles. The van der Waals surface area contributed by atoms with E-state index in [1.54, 1.807) is 11.2 Å². The van der Waals surface area contributed by atoms with Gasteiger partial charge in [0.25, 0.3) is 0 Å². The van der Waals surface area contributed by atoms with Crippen molar-refractivity contribution in [3.63, 3.8) is 0 Å². The molecule has 0 spiro atoms. The summed E-state index contributed by atoms with van der Waals surface area (Å²) in [5.41, 5.74) is 0.337. The van der Waals surface area contributed by atoms with Gasteiger partial charge in [0.1, 0.15) is 0 Å². The van der Waals surface area contributed by atoms with Gasteiger partial charge in [-0.1, -0.05) is 27.2 Å². The van der Waals surface area contributed by atoms with Crippen LogP contribution in [0.1, 0.15) is 53.4 Å². The molecule has 102 valence electrons. The zero-order chi connectivity index (χ0) is 13.1. The normalized spacial score (nSPS) is 23.9. The van der Waals surface area contributed by atoms with Crippen LogP contribution in [-0.2, 0) is 10.0 Å². The van der Waals surface area contributed by atoms with E-state index >= 15 is 0 Å². The molecule has 4 heteroatoms. The lowest BCUT2D eigenvalue weighted by molar-refractivity contribution is 0.185. The molecule has 0 bridgehead atoms. The van der Waals surface area contributed by atoms with Crippen molar-refractivity contribution in [2.24, 2.45) is 11.3 Å². The summed E-state index contributed by atoms with van der Waals surface area (Å²) in [7, 11) is -2.98. The summed E-state index contributed by atoms with van der Waals surface area (Å²) < 4.78 is 25.4. The van der Waals surface area contributed by atoms with Gasteiger partial charge in [0.2, 0.25) is 10.0 Å². The maximum atomic E-state index is 11.9. The van der Waals surface area contributed by atoms with E-state index in [0.717, 1.165) is 32.4 Å². The molecule has 1 rings (SSSR count). The number of nitrogens with zero attached hydrogens (tertiary/aromatic N) is 1. The Bertz CT molecular complexity index is 335. The van der Waals surface area contributed by atoms with E-state index in [9.17, 15) is 8.42 Å². The van der Waals surface area contributed by atoms with Gasteiger partial charge in [0.15, 0.2) is 0 Å². The van der Waals surface area contributed by atoms with Crippen LogP contribution in [0.2, 0.25) is 0 Å². The predicted octanol–water partition coefficient (Wildman–Crippen LogP) is 2.87. The van der Waals surface area contributed by atoms with E-state index < -0.39 is 10.0 Å². The van der Waals surface area contributed by atoms with Crippen LogP contribution in [-0.4, -0.2) is 31.6 Å². The van der Waals surface area contributed by atoms with E-state index in [1.165, 1.54) is 6.42 Å². The highest BCUT2D eigenvalue weighted by molar-refractivity contribution is 7.89. The average Bonchev–Trinajstić information content (AvgIpc) is 2.29. The zero-order valence-electron chi connectivity index (χ0n) is 11.7. The van der Waals surface area contributed by atoms with Crippen molar-refractivity contribution < 1.29 is 8.42 Å². The minimum atomic E-state index is -2.98. The fraction of sp³-hybridized carbons (Fsp3) is 1.00. The van der Waals surface area contributed by atoms with Crippen molar-refractivity contribution in [2.45, 2.75) is 53.4 Å². The van der Waals surface area contributed by atoms with Crippen molar-refractivity contribution in [3.05, 3.63) is 0 Å². The lowest BCUT2D eigenvalue weighted by Gasteiger charge is -2.36. The molecular formula is C13H27NO2S. The maximum absolute atomic E-state index is 11.9. The average molecular weight is 261 g/mol. The van der Waals surface area contributed by atoms with Crippen molar-refractivity contribution in [2.75, 3.05) is 18.8 Å². The summed E-state index contributed by atoms with van der Waals surface area (Å²) >= 11 is 0. The van der Waals surface area contributed by atoms with Crippen LogP contribution in [0.25, 0.3) is 0 Å². The van der Waals surface area contributed by atoms with Gasteiger partial charge in [-0.3, -0.25) is 0 Å². The molecule has 0 aliphatic carbocycles. The first kappa shape index (κ1) is 15.0. The van der Waals surface area contributed by atoms with Gasteiger partial charge in [-0.2, -0.15) is 0 Å². The van der Waals surface area contributed by atoms with Crippen LogP contribution in [0.5, 0.6) is 0 Å². The van der Waals surface area contributed by atoms with Crippen LogP contribution < -0.4 is 0 Å². The largest absolute Gasteiger partial charge is 0.213 e. The third-order valence-electron chi connectivity index (χ3n) is 4.04. The SMILES string of the molecule is CCC(C)(C)CC1CCCN(S(=O)(=O)CC)C1. The summed E-state index contributed by atoms with van der Waals surface area (Å²) in [4.78, 5) is 0. The second-order valence-corrected chi connectivity index (χ2v) is 8.25. The topological polar surface area (TPSA) is 37.4 Å². The van der Waals surface area contributed by atoms with Gasteiger partial charge < -0.3 is 0 Å². The molecule has 1 aliphatic rings. The minimum absolute atomic E-state index is 0.233. The standard InChI is InChI=1S/C13H27NO2S/c1-5-13(3,4)10-12-8-7-9-14(11-12)17(15,16)6-2/h12H,5-11H2,1-4H3. The fourth-order valence-corrected chi connectivity index (χ4v) is 3.76. The van der Waals surface area contributed by atoms with Gasteiger partial charge in [-0.05, 0) is 37.5 Å². The lowest BCUT2D eigenvalue weighted by Crippen LogP contribution is -2.41. The highest BCUT2D eigenvalue weighted by Gasteiger charge is 2.30. The Morgan fingerprint density at radius 2 is 1.94 bits per heavy atom. The molecule has 1 fully saturated rings. The molecule has 0 N–H and O–H groups in total. The Labute approximate surface area is 107 Å². The Hall–Kier alpha value is -0.0900. The third-order valence-corrected chi connectivity index (χ3v) is 5.89. The molecule has 17 heavy (non-hydrogen) atoms. The summed E-state index contributed by atoms with van der Waals surface area (Å²) in [5.74, 6) is 0.775. The van der Waals surface area contributed by atoms with E-state index in [1.807, 2.05) is 0 Å². The molecule has 1 aliphatic heterocycles. The van der Waals surface area contributed by atoms with E-state index in [4.69, 9.17) is 0 Å². The molecule has 0 saturated carbocycles. The van der Waals surface area contributed by atoms with E-state index in [-0.39, 0.29) is 5.75 Å². The Morgan fingerprint density at radius 3 is 2.47 bits per heavy atom. The first-order valence-corrected chi connectivity index (χ1v) is 8.39. The van der Waals surface area contributed by atoms with Crippen molar-refractivity contribution in [3.8, 4) is 0 Å². The second-order valence-electron chi connectivity index (χ2n) is 5.99. The van der Waals surface area contributed by atoms with Gasteiger partial charge >= 0.3 is 0 Å². The molecule has 1 unspecified atom stereocenters. The molecule has 1 saturated heterocycles. The molecule has 0 aromatic carbocycles. The molecule has 0 radical (unpaired) electrons. The van der Waals surface area contributed by atoms with Gasteiger partial charge in [0, 0.05) is 13.1 Å². The smallest absolute Gasteiger partial charge is 0.212 e. The zero-order valence-corrected chi connectivity index (χ0v) is 12.5. The van der Waals surface area contributed by atoms with Crippen molar-refractivity contribution >= 4 is 10.0 Å². The molecule has 0 amide bonds. The monoisotopic (exact) mass is 261 g/mol. The van der Waals surface area contributed by atoms with Crippen molar-refractivity contribution in [1.29, 1.82) is 0 Å². The molecule has 1 atom stereocenters. The number of hydrogen-bond acceptors (Lipinski definition) is 2. The summed E-state index contributed by atoms with van der Waals surface area (Å²) in [5, 5.41) is 0. The van der Waals surface area contributed by atoms with Gasteiger partial charge in [-0.15, -0.1) is 0 Å². The molecule has 0 aromatic heterocycles. The Kier molecular flexibility index (Phi) is 5.02. The lowest BCUT2D eigenvalue weighted by atomic mass is 9.78. The third kappa shape index (κ3) is 4.25. The first-order valence-electron chi connectivity index (χ1n) is 6.78. The van der Waals surface area contributed by atoms with Crippen LogP contribution in [0.15, 0.2) is 0 Å². The number of hydrogen-bond donors (Lipinski definition) is 0. The van der Waals surface area contributed by atoms with Crippen LogP contribution in [0.3, 0.4) is 0 Å². The number of rotatable bonds is 5. The second kappa shape index (κ2) is 5.70. The highest BCUT2D eigenvalue weighted by Crippen LogP contribution is 2.33. The van der Waals surface area contributed by atoms with Crippen LogP contribution >= 0.6 is 0 Å². The molecule has 3 nitrogen and oxygen atoms in total. The summed E-state index contributed by atoms with van der Waals surface area (Å²) in [6, 6.07) is 0. The van der Waals surface area contributed by atoms with Crippen LogP contribution in [0.4, 0.5) is 0 Å². The summed E-state index contributed by atoms with van der Waals surface area (Å²) in [6.07, 6.45) is 4.49. The van der Waals surface area contributed by atoms with Crippen LogP contribution in [0, 0.1) is 11.3 Å².